The minimum absolute atomic E-state index is 0.260. The molecule has 1 aliphatic rings. The maximum absolute atomic E-state index is 12.6. The van der Waals surface area contributed by atoms with Gasteiger partial charge in [0.2, 0.25) is 5.91 Å². The van der Waals surface area contributed by atoms with Gasteiger partial charge in [0.1, 0.15) is 5.41 Å². The van der Waals surface area contributed by atoms with Gasteiger partial charge in [-0.25, -0.2) is 0 Å². The molecule has 1 fully saturated rings. The van der Waals surface area contributed by atoms with E-state index in [-0.39, 0.29) is 5.91 Å². The highest BCUT2D eigenvalue weighted by atomic mass is 16.5. The Morgan fingerprint density at radius 3 is 2.86 bits per heavy atom. The molecule has 5 heteroatoms. The summed E-state index contributed by atoms with van der Waals surface area (Å²) in [7, 11) is 0. The predicted octanol–water partition coefficient (Wildman–Crippen LogP) is 2.49. The summed E-state index contributed by atoms with van der Waals surface area (Å²) < 4.78 is 5.26. The Hall–Kier alpha value is -2.45. The molecule has 0 aliphatic carbocycles. The van der Waals surface area contributed by atoms with Gasteiger partial charge in [0.25, 0.3) is 0 Å². The Morgan fingerprint density at radius 1 is 1.29 bits per heavy atom. The highest BCUT2D eigenvalue weighted by Gasteiger charge is 2.40. The first-order chi connectivity index (χ1) is 10.2. The summed E-state index contributed by atoms with van der Waals surface area (Å²) >= 11 is 0. The molecule has 2 heterocycles. The van der Waals surface area contributed by atoms with Crippen molar-refractivity contribution in [1.29, 1.82) is 5.26 Å². The molecule has 1 amide bonds. The number of nitriles is 1. The van der Waals surface area contributed by atoms with E-state index in [2.05, 4.69) is 16.4 Å². The summed E-state index contributed by atoms with van der Waals surface area (Å²) in [6, 6.07) is 11.5. The van der Waals surface area contributed by atoms with E-state index in [4.69, 9.17) is 4.74 Å². The minimum atomic E-state index is -0.997. The second kappa shape index (κ2) is 5.51. The van der Waals surface area contributed by atoms with Crippen LogP contribution in [0.1, 0.15) is 12.8 Å². The standard InChI is InChI=1S/C16H15N3O2/c17-11-16(6-9-21-10-7-16)15(20)19-14-5-1-4-13-12(14)3-2-8-18-13/h1-5,8H,6-7,9-10H2,(H,19,20). The fourth-order valence-electron chi connectivity index (χ4n) is 2.56. The van der Waals surface area contributed by atoms with Gasteiger partial charge in [-0.1, -0.05) is 6.07 Å². The van der Waals surface area contributed by atoms with Crippen molar-refractivity contribution in [3.8, 4) is 6.07 Å². The van der Waals surface area contributed by atoms with E-state index in [1.165, 1.54) is 0 Å². The Morgan fingerprint density at radius 2 is 2.10 bits per heavy atom. The molecule has 1 aliphatic heterocycles. The number of hydrogen-bond acceptors (Lipinski definition) is 4. The van der Waals surface area contributed by atoms with E-state index < -0.39 is 5.41 Å². The van der Waals surface area contributed by atoms with E-state index in [0.717, 1.165) is 10.9 Å². The molecule has 0 radical (unpaired) electrons. The lowest BCUT2D eigenvalue weighted by Crippen LogP contribution is -2.39. The highest BCUT2D eigenvalue weighted by Crippen LogP contribution is 2.32. The van der Waals surface area contributed by atoms with Crippen molar-refractivity contribution in [2.24, 2.45) is 5.41 Å². The summed E-state index contributed by atoms with van der Waals surface area (Å²) in [6.07, 6.45) is 2.57. The van der Waals surface area contributed by atoms with Crippen molar-refractivity contribution in [3.05, 3.63) is 36.5 Å². The minimum Gasteiger partial charge on any atom is -0.381 e. The van der Waals surface area contributed by atoms with Crippen LogP contribution < -0.4 is 5.32 Å². The number of aromatic nitrogens is 1. The van der Waals surface area contributed by atoms with Crippen LogP contribution in [0, 0.1) is 16.7 Å². The molecule has 0 unspecified atom stereocenters. The van der Waals surface area contributed by atoms with Crippen molar-refractivity contribution >= 4 is 22.5 Å². The summed E-state index contributed by atoms with van der Waals surface area (Å²) in [5.41, 5.74) is 0.503. The Labute approximate surface area is 122 Å². The zero-order chi connectivity index (χ0) is 14.7. The van der Waals surface area contributed by atoms with Crippen molar-refractivity contribution in [3.63, 3.8) is 0 Å². The van der Waals surface area contributed by atoms with Crippen LogP contribution in [-0.2, 0) is 9.53 Å². The van der Waals surface area contributed by atoms with Crippen molar-refractivity contribution in [1.82, 2.24) is 4.98 Å². The predicted molar refractivity (Wildman–Crippen MR) is 78.5 cm³/mol. The van der Waals surface area contributed by atoms with E-state index in [0.29, 0.717) is 31.7 Å². The molecule has 3 rings (SSSR count). The summed E-state index contributed by atoms with van der Waals surface area (Å²) in [6.45, 7) is 0.885. The number of anilines is 1. The number of nitrogens with one attached hydrogen (secondary N) is 1. The quantitative estimate of drug-likeness (QED) is 0.917. The molecule has 1 saturated heterocycles. The normalized spacial score (nSPS) is 17.1. The van der Waals surface area contributed by atoms with Crippen molar-refractivity contribution in [2.75, 3.05) is 18.5 Å². The highest BCUT2D eigenvalue weighted by molar-refractivity contribution is 6.04. The summed E-state index contributed by atoms with van der Waals surface area (Å²) in [5.74, 6) is -0.260. The lowest BCUT2D eigenvalue weighted by atomic mass is 9.81. The van der Waals surface area contributed by atoms with Gasteiger partial charge in [-0.05, 0) is 37.1 Å². The second-order valence-corrected chi connectivity index (χ2v) is 5.14. The number of carbonyl (C=O) groups is 1. The molecule has 106 valence electrons. The number of pyridine rings is 1. The van der Waals surface area contributed by atoms with Gasteiger partial charge in [-0.2, -0.15) is 5.26 Å². The fourth-order valence-corrected chi connectivity index (χ4v) is 2.56. The Balaban J connectivity index is 1.91. The molecule has 21 heavy (non-hydrogen) atoms. The Kier molecular flexibility index (Phi) is 3.55. The van der Waals surface area contributed by atoms with Gasteiger partial charge in [-0.3, -0.25) is 9.78 Å². The smallest absolute Gasteiger partial charge is 0.245 e. The van der Waals surface area contributed by atoms with E-state index in [9.17, 15) is 10.1 Å². The lowest BCUT2D eigenvalue weighted by Gasteiger charge is -2.29. The van der Waals surface area contributed by atoms with Gasteiger partial charge in [0.15, 0.2) is 0 Å². The number of fused-ring (bicyclic) bond motifs is 1. The topological polar surface area (TPSA) is 75.0 Å². The van der Waals surface area contributed by atoms with Crippen molar-refractivity contribution in [2.45, 2.75) is 12.8 Å². The molecule has 0 spiro atoms. The number of hydrogen-bond donors (Lipinski definition) is 1. The largest absolute Gasteiger partial charge is 0.381 e. The zero-order valence-electron chi connectivity index (χ0n) is 11.5. The number of ether oxygens (including phenoxy) is 1. The number of benzene rings is 1. The van der Waals surface area contributed by atoms with E-state index in [1.54, 1.807) is 6.20 Å². The first-order valence-electron chi connectivity index (χ1n) is 6.89. The number of rotatable bonds is 2. The molecule has 1 N–H and O–H groups in total. The molecular formula is C16H15N3O2. The number of carbonyl (C=O) groups excluding carboxylic acids is 1. The summed E-state index contributed by atoms with van der Waals surface area (Å²) in [5, 5.41) is 13.2. The second-order valence-electron chi connectivity index (χ2n) is 5.14. The zero-order valence-corrected chi connectivity index (χ0v) is 11.5. The maximum Gasteiger partial charge on any atom is 0.245 e. The molecule has 2 aromatic rings. The Bertz CT molecular complexity index is 710. The van der Waals surface area contributed by atoms with Gasteiger partial charge in [-0.15, -0.1) is 0 Å². The monoisotopic (exact) mass is 281 g/mol. The summed E-state index contributed by atoms with van der Waals surface area (Å²) in [4.78, 5) is 16.8. The van der Waals surface area contributed by atoms with Gasteiger partial charge in [0, 0.05) is 24.8 Å². The lowest BCUT2D eigenvalue weighted by molar-refractivity contribution is -0.126. The third kappa shape index (κ3) is 2.46. The van der Waals surface area contributed by atoms with Crippen LogP contribution >= 0.6 is 0 Å². The van der Waals surface area contributed by atoms with Crippen LogP contribution in [0.3, 0.4) is 0 Å². The SMILES string of the molecule is N#CC1(C(=O)Nc2cccc3ncccc23)CCOCC1. The third-order valence-corrected chi connectivity index (χ3v) is 3.89. The van der Waals surface area contributed by atoms with Crippen LogP contribution in [0.4, 0.5) is 5.69 Å². The first kappa shape index (κ1) is 13.5. The van der Waals surface area contributed by atoms with Crippen LogP contribution in [0.25, 0.3) is 10.9 Å². The molecule has 1 aromatic carbocycles. The van der Waals surface area contributed by atoms with E-state index >= 15 is 0 Å². The maximum atomic E-state index is 12.6. The fraction of sp³-hybridized carbons (Fsp3) is 0.312. The average molecular weight is 281 g/mol. The van der Waals surface area contributed by atoms with Crippen LogP contribution in [-0.4, -0.2) is 24.1 Å². The van der Waals surface area contributed by atoms with E-state index in [1.807, 2.05) is 30.3 Å². The first-order valence-corrected chi connectivity index (χ1v) is 6.89. The molecule has 5 nitrogen and oxygen atoms in total. The van der Waals surface area contributed by atoms with Gasteiger partial charge < -0.3 is 10.1 Å². The molecular weight excluding hydrogens is 266 g/mol. The van der Waals surface area contributed by atoms with Crippen molar-refractivity contribution < 1.29 is 9.53 Å². The molecule has 0 saturated carbocycles. The molecule has 0 atom stereocenters. The molecule has 0 bridgehead atoms. The van der Waals surface area contributed by atoms with Crippen LogP contribution in [0.5, 0.6) is 0 Å². The third-order valence-electron chi connectivity index (χ3n) is 3.89. The van der Waals surface area contributed by atoms with Crippen LogP contribution in [0.2, 0.25) is 0 Å². The number of nitrogens with zero attached hydrogens (tertiary/aromatic N) is 2. The van der Waals surface area contributed by atoms with Gasteiger partial charge >= 0.3 is 0 Å². The van der Waals surface area contributed by atoms with Crippen LogP contribution in [0.15, 0.2) is 36.5 Å². The molecule has 1 aromatic heterocycles. The number of amides is 1. The van der Waals surface area contributed by atoms with Gasteiger partial charge in [0.05, 0.1) is 17.3 Å². The average Bonchev–Trinajstić information content (AvgIpc) is 2.56.